The van der Waals surface area contributed by atoms with Gasteiger partial charge in [-0.1, -0.05) is 23.7 Å². The van der Waals surface area contributed by atoms with Crippen molar-refractivity contribution in [3.63, 3.8) is 0 Å². The normalized spacial score (nSPS) is 17.6. The van der Waals surface area contributed by atoms with Crippen LogP contribution in [0, 0.1) is 6.92 Å². The molecule has 3 heteroatoms. The van der Waals surface area contributed by atoms with Crippen molar-refractivity contribution in [1.29, 1.82) is 0 Å². The molecule has 86 valence electrons. The van der Waals surface area contributed by atoms with Gasteiger partial charge in [-0.15, -0.1) is 0 Å². The van der Waals surface area contributed by atoms with Crippen LogP contribution in [-0.4, -0.2) is 4.98 Å². The zero-order valence-electron chi connectivity index (χ0n) is 9.48. The maximum Gasteiger partial charge on any atom is 0.128 e. The van der Waals surface area contributed by atoms with E-state index in [1.54, 1.807) is 6.20 Å². The van der Waals surface area contributed by atoms with E-state index in [1.165, 1.54) is 5.56 Å². The third kappa shape index (κ3) is 1.89. The number of hydrogen-bond acceptors (Lipinski definition) is 2. The summed E-state index contributed by atoms with van der Waals surface area (Å²) in [7, 11) is 0. The third-order valence-corrected chi connectivity index (χ3v) is 3.38. The summed E-state index contributed by atoms with van der Waals surface area (Å²) in [5.74, 6) is 0.956. The molecule has 1 aromatic carbocycles. The van der Waals surface area contributed by atoms with E-state index in [4.69, 9.17) is 16.3 Å². The van der Waals surface area contributed by atoms with Crippen LogP contribution in [0.1, 0.15) is 22.9 Å². The topological polar surface area (TPSA) is 22.1 Å². The summed E-state index contributed by atoms with van der Waals surface area (Å²) in [5.41, 5.74) is 3.43. The number of nitrogens with zero attached hydrogens (tertiary/aromatic N) is 1. The minimum absolute atomic E-state index is 0.0881. The van der Waals surface area contributed by atoms with E-state index < -0.39 is 0 Å². The zero-order valence-corrected chi connectivity index (χ0v) is 10.2. The van der Waals surface area contributed by atoms with E-state index in [1.807, 2.05) is 37.3 Å². The molecule has 2 nitrogen and oxygen atoms in total. The highest BCUT2D eigenvalue weighted by Crippen LogP contribution is 2.37. The molecule has 0 bridgehead atoms. The molecule has 0 N–H and O–H groups in total. The second-order valence-electron chi connectivity index (χ2n) is 4.24. The highest BCUT2D eigenvalue weighted by Gasteiger charge is 2.25. The molecule has 0 saturated carbocycles. The Kier molecular flexibility index (Phi) is 2.52. The molecular formula is C14H12ClNO. The summed E-state index contributed by atoms with van der Waals surface area (Å²) in [5, 5.41) is 0.752. The Bertz CT molecular complexity index is 551. The molecule has 1 unspecified atom stereocenters. The number of ether oxygens (including phenoxy) is 1. The fourth-order valence-corrected chi connectivity index (χ4v) is 2.30. The molecule has 2 aromatic rings. The van der Waals surface area contributed by atoms with Crippen molar-refractivity contribution in [2.75, 3.05) is 0 Å². The van der Waals surface area contributed by atoms with Gasteiger partial charge in [-0.25, -0.2) is 0 Å². The Morgan fingerprint density at radius 3 is 2.71 bits per heavy atom. The summed E-state index contributed by atoms with van der Waals surface area (Å²) >= 11 is 5.88. The molecule has 0 saturated heterocycles. The molecule has 1 aromatic heterocycles. The van der Waals surface area contributed by atoms with Crippen molar-refractivity contribution in [2.45, 2.75) is 19.4 Å². The summed E-state index contributed by atoms with van der Waals surface area (Å²) < 4.78 is 5.93. The number of pyridine rings is 1. The smallest absolute Gasteiger partial charge is 0.128 e. The average Bonchev–Trinajstić information content (AvgIpc) is 2.75. The van der Waals surface area contributed by atoms with Crippen molar-refractivity contribution >= 4 is 11.6 Å². The van der Waals surface area contributed by atoms with Gasteiger partial charge in [0.1, 0.15) is 11.9 Å². The van der Waals surface area contributed by atoms with Gasteiger partial charge in [-0.05, 0) is 30.7 Å². The Morgan fingerprint density at radius 1 is 1.24 bits per heavy atom. The first kappa shape index (κ1) is 10.6. The van der Waals surface area contributed by atoms with Crippen molar-refractivity contribution in [2.24, 2.45) is 0 Å². The lowest BCUT2D eigenvalue weighted by Crippen LogP contribution is -2.02. The lowest BCUT2D eigenvalue weighted by atomic mass is 10.0. The largest absolute Gasteiger partial charge is 0.485 e. The Labute approximate surface area is 105 Å². The first-order valence-corrected chi connectivity index (χ1v) is 5.98. The quantitative estimate of drug-likeness (QED) is 0.764. The van der Waals surface area contributed by atoms with Crippen molar-refractivity contribution in [3.05, 3.63) is 58.4 Å². The molecule has 0 spiro atoms. The van der Waals surface area contributed by atoms with E-state index >= 15 is 0 Å². The molecule has 0 fully saturated rings. The molecule has 1 aliphatic rings. The highest BCUT2D eigenvalue weighted by atomic mass is 35.5. The van der Waals surface area contributed by atoms with Crippen LogP contribution in [0.15, 0.2) is 36.5 Å². The number of aromatic nitrogens is 1. The van der Waals surface area contributed by atoms with Crippen molar-refractivity contribution < 1.29 is 4.74 Å². The van der Waals surface area contributed by atoms with Gasteiger partial charge in [0.15, 0.2) is 0 Å². The lowest BCUT2D eigenvalue weighted by Gasteiger charge is -2.10. The lowest BCUT2D eigenvalue weighted by molar-refractivity contribution is 0.238. The molecule has 0 aliphatic carbocycles. The number of aryl methyl sites for hydroxylation is 1. The second-order valence-corrected chi connectivity index (χ2v) is 4.67. The molecule has 0 amide bonds. The van der Waals surface area contributed by atoms with Crippen LogP contribution in [0.25, 0.3) is 0 Å². The van der Waals surface area contributed by atoms with E-state index in [0.29, 0.717) is 0 Å². The van der Waals surface area contributed by atoms with Crippen LogP contribution in [0.5, 0.6) is 5.75 Å². The SMILES string of the molecule is Cc1nccc2c1CC(c1ccc(Cl)cc1)O2. The molecule has 0 radical (unpaired) electrons. The molecule has 2 heterocycles. The van der Waals surface area contributed by atoms with Crippen LogP contribution in [0.4, 0.5) is 0 Å². The fraction of sp³-hybridized carbons (Fsp3) is 0.214. The average molecular weight is 246 g/mol. The van der Waals surface area contributed by atoms with Crippen LogP contribution in [0.2, 0.25) is 5.02 Å². The van der Waals surface area contributed by atoms with Crippen LogP contribution < -0.4 is 4.74 Å². The van der Waals surface area contributed by atoms with Crippen LogP contribution in [-0.2, 0) is 6.42 Å². The molecule has 1 atom stereocenters. The minimum Gasteiger partial charge on any atom is -0.485 e. The monoisotopic (exact) mass is 245 g/mol. The molecular weight excluding hydrogens is 234 g/mol. The number of fused-ring (bicyclic) bond motifs is 1. The number of benzene rings is 1. The van der Waals surface area contributed by atoms with Gasteiger partial charge in [-0.3, -0.25) is 4.98 Å². The standard InChI is InChI=1S/C14H12ClNO/c1-9-12-8-14(17-13(12)6-7-16-9)10-2-4-11(15)5-3-10/h2-7,14H,8H2,1H3. The van der Waals surface area contributed by atoms with Gasteiger partial charge in [0.2, 0.25) is 0 Å². The first-order chi connectivity index (χ1) is 8.24. The van der Waals surface area contributed by atoms with E-state index in [-0.39, 0.29) is 6.10 Å². The summed E-state index contributed by atoms with van der Waals surface area (Å²) in [6.07, 6.45) is 2.76. The summed E-state index contributed by atoms with van der Waals surface area (Å²) in [4.78, 5) is 4.29. The van der Waals surface area contributed by atoms with Crippen LogP contribution >= 0.6 is 11.6 Å². The first-order valence-electron chi connectivity index (χ1n) is 5.60. The van der Waals surface area contributed by atoms with Gasteiger partial charge in [-0.2, -0.15) is 0 Å². The third-order valence-electron chi connectivity index (χ3n) is 3.13. The maximum atomic E-state index is 5.93. The number of rotatable bonds is 1. The second kappa shape index (κ2) is 4.04. The number of halogens is 1. The molecule has 17 heavy (non-hydrogen) atoms. The van der Waals surface area contributed by atoms with Gasteiger partial charge < -0.3 is 4.74 Å². The van der Waals surface area contributed by atoms with Crippen LogP contribution in [0.3, 0.4) is 0 Å². The number of hydrogen-bond donors (Lipinski definition) is 0. The van der Waals surface area contributed by atoms with E-state index in [2.05, 4.69) is 4.98 Å². The minimum atomic E-state index is 0.0881. The summed E-state index contributed by atoms with van der Waals surface area (Å²) in [6.45, 7) is 2.02. The van der Waals surface area contributed by atoms with Gasteiger partial charge in [0.25, 0.3) is 0 Å². The Hall–Kier alpha value is -1.54. The van der Waals surface area contributed by atoms with E-state index in [0.717, 1.165) is 28.5 Å². The fourth-order valence-electron chi connectivity index (χ4n) is 2.18. The molecule has 3 rings (SSSR count). The van der Waals surface area contributed by atoms with E-state index in [9.17, 15) is 0 Å². The Balaban J connectivity index is 1.91. The predicted molar refractivity (Wildman–Crippen MR) is 67.5 cm³/mol. The van der Waals surface area contributed by atoms with Gasteiger partial charge in [0.05, 0.1) is 0 Å². The summed E-state index contributed by atoms with van der Waals surface area (Å²) in [6, 6.07) is 9.75. The van der Waals surface area contributed by atoms with Gasteiger partial charge in [0, 0.05) is 28.9 Å². The maximum absolute atomic E-state index is 5.93. The van der Waals surface area contributed by atoms with Crippen molar-refractivity contribution in [3.8, 4) is 5.75 Å². The Morgan fingerprint density at radius 2 is 2.00 bits per heavy atom. The zero-order chi connectivity index (χ0) is 11.8. The van der Waals surface area contributed by atoms with Gasteiger partial charge >= 0.3 is 0 Å². The highest BCUT2D eigenvalue weighted by molar-refractivity contribution is 6.30. The molecule has 1 aliphatic heterocycles. The van der Waals surface area contributed by atoms with Crippen molar-refractivity contribution in [1.82, 2.24) is 4.98 Å². The predicted octanol–water partition coefficient (Wildman–Crippen LogP) is 3.72.